The molecule has 1 aliphatic heterocycles. The predicted octanol–water partition coefficient (Wildman–Crippen LogP) is 1.58. The van der Waals surface area contributed by atoms with Crippen LogP contribution >= 0.6 is 0 Å². The van der Waals surface area contributed by atoms with Crippen molar-refractivity contribution in [2.75, 3.05) is 32.1 Å². The smallest absolute Gasteiger partial charge is 0.234 e. The van der Waals surface area contributed by atoms with Gasteiger partial charge in [-0.3, -0.25) is 4.79 Å². The molecule has 0 spiro atoms. The minimum Gasteiger partial charge on any atom is -0.493 e. The van der Waals surface area contributed by atoms with Crippen LogP contribution in [0.15, 0.2) is 18.2 Å². The lowest BCUT2D eigenvalue weighted by molar-refractivity contribution is -0.123. The third-order valence-corrected chi connectivity index (χ3v) is 4.19. The van der Waals surface area contributed by atoms with E-state index in [2.05, 4.69) is 11.4 Å². The summed E-state index contributed by atoms with van der Waals surface area (Å²) < 4.78 is 5.50. The van der Waals surface area contributed by atoms with Crippen molar-refractivity contribution in [2.45, 2.75) is 19.3 Å². The molecule has 0 aromatic heterocycles. The zero-order valence-electron chi connectivity index (χ0n) is 11.5. The summed E-state index contributed by atoms with van der Waals surface area (Å²) in [6, 6.07) is 6.02. The Morgan fingerprint density at radius 3 is 2.95 bits per heavy atom. The van der Waals surface area contributed by atoms with Crippen molar-refractivity contribution in [1.82, 2.24) is 5.32 Å². The zero-order valence-corrected chi connectivity index (χ0v) is 11.5. The Kier molecular flexibility index (Phi) is 2.97. The Bertz CT molecular complexity index is 509. The molecule has 1 heterocycles. The van der Waals surface area contributed by atoms with Crippen LogP contribution in [0.3, 0.4) is 0 Å². The fourth-order valence-corrected chi connectivity index (χ4v) is 2.81. The van der Waals surface area contributed by atoms with E-state index in [0.717, 1.165) is 43.9 Å². The van der Waals surface area contributed by atoms with Gasteiger partial charge in [0.2, 0.25) is 5.91 Å². The fourth-order valence-electron chi connectivity index (χ4n) is 2.81. The highest BCUT2D eigenvalue weighted by Gasteiger charge is 2.50. The Balaban J connectivity index is 1.80. The molecule has 0 saturated heterocycles. The first-order valence-corrected chi connectivity index (χ1v) is 6.85. The molecule has 1 saturated carbocycles. The fraction of sp³-hybridized carbons (Fsp3) is 0.533. The Morgan fingerprint density at radius 2 is 2.26 bits per heavy atom. The third kappa shape index (κ3) is 2.10. The van der Waals surface area contributed by atoms with E-state index in [1.54, 1.807) is 4.90 Å². The van der Waals surface area contributed by atoms with E-state index in [-0.39, 0.29) is 11.3 Å². The normalized spacial score (nSPS) is 18.6. The van der Waals surface area contributed by atoms with E-state index >= 15 is 0 Å². The van der Waals surface area contributed by atoms with E-state index in [9.17, 15) is 4.79 Å². The van der Waals surface area contributed by atoms with E-state index < -0.39 is 0 Å². The number of carbonyl (C=O) groups is 1. The van der Waals surface area contributed by atoms with Gasteiger partial charge in [-0.05, 0) is 43.7 Å². The van der Waals surface area contributed by atoms with E-state index in [1.165, 1.54) is 5.56 Å². The lowest BCUT2D eigenvalue weighted by Gasteiger charge is -2.24. The minimum absolute atomic E-state index is 0.168. The molecule has 1 fully saturated rings. The summed E-state index contributed by atoms with van der Waals surface area (Å²) in [6.45, 7) is 1.52. The summed E-state index contributed by atoms with van der Waals surface area (Å²) in [5.74, 6) is 1.18. The highest BCUT2D eigenvalue weighted by Crippen LogP contribution is 2.47. The quantitative estimate of drug-likeness (QED) is 0.893. The molecule has 3 rings (SSSR count). The van der Waals surface area contributed by atoms with Crippen molar-refractivity contribution in [3.05, 3.63) is 23.8 Å². The molecule has 102 valence electrons. The highest BCUT2D eigenvalue weighted by atomic mass is 16.5. The molecule has 1 aromatic carbocycles. The summed E-state index contributed by atoms with van der Waals surface area (Å²) in [5, 5.41) is 3.13. The number of hydrogen-bond acceptors (Lipinski definition) is 3. The molecule has 0 bridgehead atoms. The number of amides is 1. The van der Waals surface area contributed by atoms with Gasteiger partial charge in [0.25, 0.3) is 0 Å². The van der Waals surface area contributed by atoms with Gasteiger partial charge in [-0.2, -0.15) is 0 Å². The maximum Gasteiger partial charge on any atom is 0.234 e. The topological polar surface area (TPSA) is 41.6 Å². The first kappa shape index (κ1) is 12.5. The van der Waals surface area contributed by atoms with Crippen molar-refractivity contribution >= 4 is 11.6 Å². The number of hydrogen-bond donors (Lipinski definition) is 1. The van der Waals surface area contributed by atoms with Gasteiger partial charge in [0, 0.05) is 25.7 Å². The second-order valence-corrected chi connectivity index (χ2v) is 5.57. The molecular weight excluding hydrogens is 240 g/mol. The summed E-state index contributed by atoms with van der Waals surface area (Å²) in [4.78, 5) is 14.4. The SMILES string of the molecule is CNCC1(C(=O)N(C)c2ccc3c(c2)CCO3)CC1. The number of anilines is 1. The molecule has 1 aromatic rings. The number of fused-ring (bicyclic) bond motifs is 1. The third-order valence-electron chi connectivity index (χ3n) is 4.19. The Hall–Kier alpha value is -1.55. The van der Waals surface area contributed by atoms with Gasteiger partial charge < -0.3 is 15.0 Å². The van der Waals surface area contributed by atoms with Crippen LogP contribution in [0.25, 0.3) is 0 Å². The number of benzene rings is 1. The van der Waals surface area contributed by atoms with Gasteiger partial charge >= 0.3 is 0 Å². The lowest BCUT2D eigenvalue weighted by Crippen LogP contribution is -2.39. The number of carbonyl (C=O) groups excluding carboxylic acids is 1. The highest BCUT2D eigenvalue weighted by molar-refractivity contribution is 5.99. The van der Waals surface area contributed by atoms with Crippen molar-refractivity contribution < 1.29 is 9.53 Å². The first-order valence-electron chi connectivity index (χ1n) is 6.85. The largest absolute Gasteiger partial charge is 0.493 e. The molecule has 4 heteroatoms. The van der Waals surface area contributed by atoms with Crippen LogP contribution in [0.5, 0.6) is 5.75 Å². The molecule has 0 atom stereocenters. The summed E-state index contributed by atoms with van der Waals surface area (Å²) >= 11 is 0. The van der Waals surface area contributed by atoms with Crippen LogP contribution < -0.4 is 15.0 Å². The minimum atomic E-state index is -0.168. The predicted molar refractivity (Wildman–Crippen MR) is 74.6 cm³/mol. The number of nitrogens with one attached hydrogen (secondary N) is 1. The molecule has 1 amide bonds. The Morgan fingerprint density at radius 1 is 1.47 bits per heavy atom. The van der Waals surface area contributed by atoms with Crippen LogP contribution in [-0.4, -0.2) is 33.2 Å². The van der Waals surface area contributed by atoms with E-state index in [1.807, 2.05) is 26.2 Å². The molecule has 19 heavy (non-hydrogen) atoms. The average Bonchev–Trinajstić information content (AvgIpc) is 3.05. The second kappa shape index (κ2) is 4.53. The van der Waals surface area contributed by atoms with Crippen LogP contribution in [0.4, 0.5) is 5.69 Å². The summed E-state index contributed by atoms with van der Waals surface area (Å²) in [6.07, 6.45) is 2.92. The zero-order chi connectivity index (χ0) is 13.5. The van der Waals surface area contributed by atoms with E-state index in [0.29, 0.717) is 0 Å². The summed E-state index contributed by atoms with van der Waals surface area (Å²) in [5.41, 5.74) is 2.01. The number of rotatable bonds is 4. The maximum absolute atomic E-state index is 12.6. The van der Waals surface area contributed by atoms with Crippen LogP contribution in [-0.2, 0) is 11.2 Å². The molecule has 1 N–H and O–H groups in total. The molecule has 1 aliphatic carbocycles. The lowest BCUT2D eigenvalue weighted by atomic mass is 10.0. The maximum atomic E-state index is 12.6. The van der Waals surface area contributed by atoms with Gasteiger partial charge in [-0.15, -0.1) is 0 Å². The first-order chi connectivity index (χ1) is 9.16. The molecule has 2 aliphatic rings. The number of ether oxygens (including phenoxy) is 1. The van der Waals surface area contributed by atoms with E-state index in [4.69, 9.17) is 4.74 Å². The van der Waals surface area contributed by atoms with Crippen molar-refractivity contribution in [3.8, 4) is 5.75 Å². The van der Waals surface area contributed by atoms with Crippen molar-refractivity contribution in [2.24, 2.45) is 5.41 Å². The summed E-state index contributed by atoms with van der Waals surface area (Å²) in [7, 11) is 3.77. The Labute approximate surface area is 113 Å². The van der Waals surface area contributed by atoms with Crippen LogP contribution in [0.2, 0.25) is 0 Å². The van der Waals surface area contributed by atoms with Gasteiger partial charge in [0.15, 0.2) is 0 Å². The van der Waals surface area contributed by atoms with Gasteiger partial charge in [0.05, 0.1) is 12.0 Å². The molecule has 0 radical (unpaired) electrons. The molecular formula is C15H20N2O2. The standard InChI is InChI=1S/C15H20N2O2/c1-16-10-15(6-7-15)14(18)17(2)12-3-4-13-11(9-12)5-8-19-13/h3-4,9,16H,5-8,10H2,1-2H3. The van der Waals surface area contributed by atoms with Gasteiger partial charge in [0.1, 0.15) is 5.75 Å². The van der Waals surface area contributed by atoms with Gasteiger partial charge in [-0.1, -0.05) is 0 Å². The van der Waals surface area contributed by atoms with Crippen molar-refractivity contribution in [3.63, 3.8) is 0 Å². The van der Waals surface area contributed by atoms with Crippen molar-refractivity contribution in [1.29, 1.82) is 0 Å². The monoisotopic (exact) mass is 260 g/mol. The average molecular weight is 260 g/mol. The molecule has 4 nitrogen and oxygen atoms in total. The van der Waals surface area contributed by atoms with Gasteiger partial charge in [-0.25, -0.2) is 0 Å². The number of nitrogens with zero attached hydrogens (tertiary/aromatic N) is 1. The van der Waals surface area contributed by atoms with Crippen LogP contribution in [0.1, 0.15) is 18.4 Å². The second-order valence-electron chi connectivity index (χ2n) is 5.57. The molecule has 0 unspecified atom stereocenters. The van der Waals surface area contributed by atoms with Crippen LogP contribution in [0, 0.1) is 5.41 Å².